The van der Waals surface area contributed by atoms with Gasteiger partial charge in [-0.2, -0.15) is 0 Å². The van der Waals surface area contributed by atoms with Gasteiger partial charge in [0.15, 0.2) is 11.5 Å². The molecule has 3 aromatic heterocycles. The van der Waals surface area contributed by atoms with Crippen LogP contribution in [0.15, 0.2) is 67.4 Å². The predicted molar refractivity (Wildman–Crippen MR) is 109 cm³/mol. The average Bonchev–Trinajstić information content (AvgIpc) is 3.14. The van der Waals surface area contributed by atoms with Gasteiger partial charge in [-0.15, -0.1) is 0 Å². The van der Waals surface area contributed by atoms with E-state index in [-0.39, 0.29) is 5.91 Å². The lowest BCUT2D eigenvalue weighted by Crippen LogP contribution is -2.08. The molecule has 0 saturated heterocycles. The minimum absolute atomic E-state index is 0.0976. The maximum Gasteiger partial charge on any atom is 0.221 e. The molecule has 4 rings (SSSR count). The third kappa shape index (κ3) is 3.83. The van der Waals surface area contributed by atoms with Crippen molar-refractivity contribution in [2.24, 2.45) is 0 Å². The summed E-state index contributed by atoms with van der Waals surface area (Å²) in [5.74, 6) is 0.634. The number of imidazole rings is 1. The van der Waals surface area contributed by atoms with Crippen LogP contribution >= 0.6 is 0 Å². The molecule has 0 bridgehead atoms. The lowest BCUT2D eigenvalue weighted by atomic mass is 10.1. The second kappa shape index (κ2) is 7.87. The predicted octanol–water partition coefficient (Wildman–Crippen LogP) is 3.40. The van der Waals surface area contributed by atoms with Crippen molar-refractivity contribution in [1.82, 2.24) is 19.4 Å². The molecule has 3 heterocycles. The molecule has 7 heteroatoms. The number of amides is 1. The van der Waals surface area contributed by atoms with Crippen LogP contribution in [0.5, 0.6) is 0 Å². The van der Waals surface area contributed by atoms with Gasteiger partial charge in [0.05, 0.1) is 11.9 Å². The number of pyridine rings is 1. The van der Waals surface area contributed by atoms with Crippen LogP contribution in [0.2, 0.25) is 0 Å². The third-order valence-corrected chi connectivity index (χ3v) is 4.34. The van der Waals surface area contributed by atoms with E-state index in [0.717, 1.165) is 41.4 Å². The SMILES string of the molecule is CC(=O)Nc1cccc(-c2cnc3c(NCCc4cccnc4)nccn23)c1. The van der Waals surface area contributed by atoms with E-state index in [1.54, 1.807) is 12.4 Å². The standard InChI is InChI=1S/C21H20N6O/c1-15(28)26-18-6-2-5-17(12-18)19-14-25-21-20(24-10-11-27(19)21)23-9-7-16-4-3-8-22-13-16/h2-6,8,10-14H,7,9H2,1H3,(H,23,24)(H,26,28). The summed E-state index contributed by atoms with van der Waals surface area (Å²) in [6.07, 6.45) is 9.94. The molecule has 28 heavy (non-hydrogen) atoms. The number of aromatic nitrogens is 4. The minimum atomic E-state index is -0.0976. The van der Waals surface area contributed by atoms with Gasteiger partial charge in [0.25, 0.3) is 0 Å². The molecular weight excluding hydrogens is 352 g/mol. The molecular formula is C21H20N6O. The van der Waals surface area contributed by atoms with Gasteiger partial charge in [0, 0.05) is 49.5 Å². The smallest absolute Gasteiger partial charge is 0.221 e. The van der Waals surface area contributed by atoms with Gasteiger partial charge in [-0.1, -0.05) is 18.2 Å². The fourth-order valence-electron chi connectivity index (χ4n) is 3.09. The first-order chi connectivity index (χ1) is 13.7. The van der Waals surface area contributed by atoms with Crippen LogP contribution in [0.3, 0.4) is 0 Å². The molecule has 4 aromatic rings. The maximum absolute atomic E-state index is 11.3. The van der Waals surface area contributed by atoms with Crippen molar-refractivity contribution in [3.05, 3.63) is 72.9 Å². The number of benzene rings is 1. The van der Waals surface area contributed by atoms with Gasteiger partial charge in [0.2, 0.25) is 5.91 Å². The van der Waals surface area contributed by atoms with E-state index in [0.29, 0.717) is 0 Å². The molecule has 1 amide bonds. The van der Waals surface area contributed by atoms with Crippen molar-refractivity contribution in [2.45, 2.75) is 13.3 Å². The molecule has 0 aliphatic carbocycles. The number of carbonyl (C=O) groups excluding carboxylic acids is 1. The second-order valence-corrected chi connectivity index (χ2v) is 6.41. The van der Waals surface area contributed by atoms with E-state index in [9.17, 15) is 4.79 Å². The molecule has 0 unspecified atom stereocenters. The summed E-state index contributed by atoms with van der Waals surface area (Å²) in [7, 11) is 0. The zero-order chi connectivity index (χ0) is 19.3. The third-order valence-electron chi connectivity index (χ3n) is 4.34. The van der Waals surface area contributed by atoms with Gasteiger partial charge in [0.1, 0.15) is 0 Å². The van der Waals surface area contributed by atoms with Crippen molar-refractivity contribution < 1.29 is 4.79 Å². The molecule has 0 aliphatic rings. The Bertz CT molecular complexity index is 1110. The Morgan fingerprint density at radius 2 is 2.04 bits per heavy atom. The highest BCUT2D eigenvalue weighted by Gasteiger charge is 2.11. The van der Waals surface area contributed by atoms with Crippen molar-refractivity contribution in [1.29, 1.82) is 0 Å². The van der Waals surface area contributed by atoms with Crippen LogP contribution < -0.4 is 10.6 Å². The first-order valence-corrected chi connectivity index (χ1v) is 9.03. The highest BCUT2D eigenvalue weighted by atomic mass is 16.1. The lowest BCUT2D eigenvalue weighted by molar-refractivity contribution is -0.114. The number of anilines is 2. The molecule has 140 valence electrons. The lowest BCUT2D eigenvalue weighted by Gasteiger charge is -2.08. The van der Waals surface area contributed by atoms with Crippen LogP contribution in [0.25, 0.3) is 16.9 Å². The van der Waals surface area contributed by atoms with Crippen LogP contribution in [0.1, 0.15) is 12.5 Å². The fourth-order valence-corrected chi connectivity index (χ4v) is 3.09. The minimum Gasteiger partial charge on any atom is -0.367 e. The maximum atomic E-state index is 11.3. The molecule has 0 saturated carbocycles. The molecule has 0 spiro atoms. The number of fused-ring (bicyclic) bond motifs is 1. The zero-order valence-electron chi connectivity index (χ0n) is 15.5. The molecule has 0 aliphatic heterocycles. The number of hydrogen-bond acceptors (Lipinski definition) is 5. The number of carbonyl (C=O) groups is 1. The van der Waals surface area contributed by atoms with E-state index in [4.69, 9.17) is 0 Å². The molecule has 1 aromatic carbocycles. The summed E-state index contributed by atoms with van der Waals surface area (Å²) in [4.78, 5) is 24.4. The van der Waals surface area contributed by atoms with E-state index in [2.05, 4.69) is 31.7 Å². The largest absolute Gasteiger partial charge is 0.367 e. The first-order valence-electron chi connectivity index (χ1n) is 9.03. The molecule has 0 atom stereocenters. The molecule has 7 nitrogen and oxygen atoms in total. The molecule has 0 fully saturated rings. The van der Waals surface area contributed by atoms with Crippen LogP contribution in [0.4, 0.5) is 11.5 Å². The van der Waals surface area contributed by atoms with Gasteiger partial charge >= 0.3 is 0 Å². The van der Waals surface area contributed by atoms with Crippen molar-refractivity contribution >= 4 is 23.1 Å². The summed E-state index contributed by atoms with van der Waals surface area (Å²) in [6, 6.07) is 11.7. The monoisotopic (exact) mass is 372 g/mol. The van der Waals surface area contributed by atoms with E-state index < -0.39 is 0 Å². The Morgan fingerprint density at radius 1 is 1.11 bits per heavy atom. The topological polar surface area (TPSA) is 84.2 Å². The summed E-state index contributed by atoms with van der Waals surface area (Å²) in [5, 5.41) is 6.17. The summed E-state index contributed by atoms with van der Waals surface area (Å²) in [5.41, 5.74) is 4.57. The summed E-state index contributed by atoms with van der Waals surface area (Å²) in [6.45, 7) is 2.23. The summed E-state index contributed by atoms with van der Waals surface area (Å²) >= 11 is 0. The van der Waals surface area contributed by atoms with Gasteiger partial charge in [-0.3, -0.25) is 14.2 Å². The fraction of sp³-hybridized carbons (Fsp3) is 0.143. The zero-order valence-corrected chi connectivity index (χ0v) is 15.5. The van der Waals surface area contributed by atoms with Crippen molar-refractivity contribution in [2.75, 3.05) is 17.2 Å². The van der Waals surface area contributed by atoms with E-state index in [1.165, 1.54) is 12.5 Å². The number of hydrogen-bond donors (Lipinski definition) is 2. The Kier molecular flexibility index (Phi) is 4.97. The normalized spacial score (nSPS) is 10.8. The Hall–Kier alpha value is -3.74. The highest BCUT2D eigenvalue weighted by molar-refractivity contribution is 5.89. The van der Waals surface area contributed by atoms with Crippen LogP contribution in [-0.2, 0) is 11.2 Å². The van der Waals surface area contributed by atoms with Gasteiger partial charge in [-0.25, -0.2) is 9.97 Å². The van der Waals surface area contributed by atoms with Crippen LogP contribution in [-0.4, -0.2) is 31.8 Å². The van der Waals surface area contributed by atoms with E-state index >= 15 is 0 Å². The van der Waals surface area contributed by atoms with E-state index in [1.807, 2.05) is 53.3 Å². The van der Waals surface area contributed by atoms with Crippen LogP contribution in [0, 0.1) is 0 Å². The molecule has 0 radical (unpaired) electrons. The first kappa shape index (κ1) is 17.7. The van der Waals surface area contributed by atoms with Gasteiger partial charge < -0.3 is 10.6 Å². The van der Waals surface area contributed by atoms with Crippen molar-refractivity contribution in [3.63, 3.8) is 0 Å². The number of rotatable bonds is 6. The number of nitrogens with one attached hydrogen (secondary N) is 2. The average molecular weight is 372 g/mol. The Morgan fingerprint density at radius 3 is 2.86 bits per heavy atom. The molecule has 2 N–H and O–H groups in total. The quantitative estimate of drug-likeness (QED) is 0.542. The van der Waals surface area contributed by atoms with Crippen molar-refractivity contribution in [3.8, 4) is 11.3 Å². The van der Waals surface area contributed by atoms with Gasteiger partial charge in [-0.05, 0) is 30.2 Å². The Labute approximate surface area is 162 Å². The number of nitrogens with zero attached hydrogens (tertiary/aromatic N) is 4. The second-order valence-electron chi connectivity index (χ2n) is 6.41. The Balaban J connectivity index is 1.57. The highest BCUT2D eigenvalue weighted by Crippen LogP contribution is 2.25. The summed E-state index contributed by atoms with van der Waals surface area (Å²) < 4.78 is 1.99.